The van der Waals surface area contributed by atoms with E-state index in [-0.39, 0.29) is 0 Å². The Hall–Kier alpha value is -1.43. The monoisotopic (exact) mass is 336 g/mol. The van der Waals surface area contributed by atoms with Crippen molar-refractivity contribution in [2.24, 2.45) is 4.99 Å². The first-order valence-corrected chi connectivity index (χ1v) is 9.62. The van der Waals surface area contributed by atoms with Crippen molar-refractivity contribution < 1.29 is 4.74 Å². The van der Waals surface area contributed by atoms with Gasteiger partial charge in [0.15, 0.2) is 5.96 Å². The summed E-state index contributed by atoms with van der Waals surface area (Å²) in [7, 11) is 1.81. The van der Waals surface area contributed by atoms with Gasteiger partial charge in [-0.25, -0.2) is 4.98 Å². The van der Waals surface area contributed by atoms with Gasteiger partial charge in [0.2, 0.25) is 5.88 Å². The zero-order valence-electron chi connectivity index (χ0n) is 14.3. The summed E-state index contributed by atoms with van der Waals surface area (Å²) in [6.07, 6.45) is 8.64. The van der Waals surface area contributed by atoms with E-state index in [4.69, 9.17) is 4.74 Å². The second-order valence-corrected chi connectivity index (χ2v) is 6.89. The molecule has 1 aromatic rings. The first-order valence-electron chi connectivity index (χ1n) is 8.33. The Morgan fingerprint density at radius 1 is 1.48 bits per heavy atom. The average Bonchev–Trinajstić information content (AvgIpc) is 3.05. The van der Waals surface area contributed by atoms with Crippen molar-refractivity contribution in [3.05, 3.63) is 23.9 Å². The first-order chi connectivity index (χ1) is 11.3. The topological polar surface area (TPSA) is 58.5 Å². The Morgan fingerprint density at radius 2 is 2.35 bits per heavy atom. The van der Waals surface area contributed by atoms with Gasteiger partial charge in [-0.2, -0.15) is 11.8 Å². The molecule has 5 nitrogen and oxygen atoms in total. The Kier molecular flexibility index (Phi) is 7.52. The zero-order chi connectivity index (χ0) is 16.5. The number of guanidine groups is 1. The Bertz CT molecular complexity index is 509. The van der Waals surface area contributed by atoms with Crippen molar-refractivity contribution >= 4 is 17.7 Å². The largest absolute Gasteiger partial charge is 0.477 e. The van der Waals surface area contributed by atoms with Crippen molar-refractivity contribution in [2.75, 3.05) is 19.9 Å². The lowest BCUT2D eigenvalue weighted by Crippen LogP contribution is -2.42. The van der Waals surface area contributed by atoms with E-state index in [9.17, 15) is 0 Å². The molecule has 0 amide bonds. The summed E-state index contributed by atoms with van der Waals surface area (Å²) < 4.78 is 5.70. The van der Waals surface area contributed by atoms with Crippen molar-refractivity contribution in [1.29, 1.82) is 0 Å². The normalized spacial score (nSPS) is 21.3. The molecule has 0 saturated heterocycles. The molecular weight excluding hydrogens is 308 g/mol. The maximum Gasteiger partial charge on any atom is 0.218 e. The molecule has 0 aliphatic heterocycles. The van der Waals surface area contributed by atoms with Crippen molar-refractivity contribution in [1.82, 2.24) is 15.6 Å². The van der Waals surface area contributed by atoms with Crippen LogP contribution < -0.4 is 15.4 Å². The second-order valence-electron chi connectivity index (χ2n) is 5.75. The summed E-state index contributed by atoms with van der Waals surface area (Å²) in [4.78, 5) is 8.65. The SMILES string of the molecule is CCCOc1ncccc1CNC(=NC)NC1CCC(SC)C1. The molecule has 1 saturated carbocycles. The fourth-order valence-electron chi connectivity index (χ4n) is 2.74. The Balaban J connectivity index is 1.86. The lowest BCUT2D eigenvalue weighted by atomic mass is 10.2. The number of nitrogens with zero attached hydrogens (tertiary/aromatic N) is 2. The van der Waals surface area contributed by atoms with Crippen molar-refractivity contribution in [2.45, 2.75) is 50.4 Å². The molecule has 0 bridgehead atoms. The molecule has 6 heteroatoms. The summed E-state index contributed by atoms with van der Waals surface area (Å²) in [6, 6.07) is 4.49. The molecule has 2 unspecified atom stereocenters. The zero-order valence-corrected chi connectivity index (χ0v) is 15.2. The van der Waals surface area contributed by atoms with Gasteiger partial charge >= 0.3 is 0 Å². The van der Waals surface area contributed by atoms with Gasteiger partial charge in [0.05, 0.1) is 6.61 Å². The number of nitrogens with one attached hydrogen (secondary N) is 2. The van der Waals surface area contributed by atoms with E-state index in [0.29, 0.717) is 25.1 Å². The van der Waals surface area contributed by atoms with Gasteiger partial charge < -0.3 is 15.4 Å². The van der Waals surface area contributed by atoms with Gasteiger partial charge in [0.25, 0.3) is 0 Å². The van der Waals surface area contributed by atoms with Gasteiger partial charge in [-0.1, -0.05) is 13.0 Å². The molecular formula is C17H28N4OS. The highest BCUT2D eigenvalue weighted by Crippen LogP contribution is 2.28. The third-order valence-corrected chi connectivity index (χ3v) is 5.12. The van der Waals surface area contributed by atoms with E-state index in [1.54, 1.807) is 6.20 Å². The molecule has 23 heavy (non-hydrogen) atoms. The minimum absolute atomic E-state index is 0.517. The molecule has 2 atom stereocenters. The van der Waals surface area contributed by atoms with Crippen molar-refractivity contribution in [3.8, 4) is 5.88 Å². The number of pyridine rings is 1. The summed E-state index contributed by atoms with van der Waals surface area (Å²) in [6.45, 7) is 3.44. The molecule has 1 fully saturated rings. The molecule has 128 valence electrons. The van der Waals surface area contributed by atoms with E-state index < -0.39 is 0 Å². The number of ether oxygens (including phenoxy) is 1. The number of aliphatic imine (C=N–C) groups is 1. The van der Waals surface area contributed by atoms with Gasteiger partial charge in [0.1, 0.15) is 0 Å². The van der Waals surface area contributed by atoms with Gasteiger partial charge in [-0.15, -0.1) is 0 Å². The summed E-state index contributed by atoms with van der Waals surface area (Å²) in [5, 5.41) is 7.68. The molecule has 1 aromatic heterocycles. The predicted molar refractivity (Wildman–Crippen MR) is 98.3 cm³/mol. The maximum atomic E-state index is 5.70. The lowest BCUT2D eigenvalue weighted by molar-refractivity contribution is 0.301. The summed E-state index contributed by atoms with van der Waals surface area (Å²) in [5.41, 5.74) is 1.05. The van der Waals surface area contributed by atoms with Crippen LogP contribution in [0.5, 0.6) is 5.88 Å². The third-order valence-electron chi connectivity index (χ3n) is 4.02. The van der Waals surface area contributed by atoms with Crippen LogP contribution in [0.1, 0.15) is 38.2 Å². The van der Waals surface area contributed by atoms with Gasteiger partial charge in [0, 0.05) is 36.6 Å². The van der Waals surface area contributed by atoms with Gasteiger partial charge in [-0.05, 0) is 38.0 Å². The molecule has 1 heterocycles. The molecule has 1 aliphatic carbocycles. The highest BCUT2D eigenvalue weighted by Gasteiger charge is 2.24. The van der Waals surface area contributed by atoms with E-state index in [2.05, 4.69) is 33.8 Å². The highest BCUT2D eigenvalue weighted by molar-refractivity contribution is 7.99. The fraction of sp³-hybridized carbons (Fsp3) is 0.647. The Labute approximate surface area is 143 Å². The van der Waals surface area contributed by atoms with E-state index >= 15 is 0 Å². The van der Waals surface area contributed by atoms with Crippen LogP contribution in [0.25, 0.3) is 0 Å². The standard InChI is InChI=1S/C17H28N4OS/c1-4-10-22-16-13(6-5-9-19-16)12-20-17(18-2)21-14-7-8-15(11-14)23-3/h5-6,9,14-15H,4,7-8,10-12H2,1-3H3,(H2,18,20,21). The molecule has 2 rings (SSSR count). The van der Waals surface area contributed by atoms with Crippen LogP contribution in [0.3, 0.4) is 0 Å². The minimum atomic E-state index is 0.517. The van der Waals surface area contributed by atoms with Crippen LogP contribution in [0.4, 0.5) is 0 Å². The molecule has 0 aromatic carbocycles. The number of thioether (sulfide) groups is 1. The van der Waals surface area contributed by atoms with Crippen molar-refractivity contribution in [3.63, 3.8) is 0 Å². The third kappa shape index (κ3) is 5.61. The smallest absolute Gasteiger partial charge is 0.218 e. The molecule has 0 spiro atoms. The van der Waals surface area contributed by atoms with Crippen LogP contribution in [0.15, 0.2) is 23.3 Å². The van der Waals surface area contributed by atoms with Crippen LogP contribution in [0, 0.1) is 0 Å². The average molecular weight is 337 g/mol. The summed E-state index contributed by atoms with van der Waals surface area (Å²) in [5.74, 6) is 1.56. The van der Waals surface area contributed by atoms with Crippen LogP contribution in [-0.4, -0.2) is 42.1 Å². The van der Waals surface area contributed by atoms with Crippen LogP contribution >= 0.6 is 11.8 Å². The molecule has 2 N–H and O–H groups in total. The maximum absolute atomic E-state index is 5.70. The second kappa shape index (κ2) is 9.65. The van der Waals surface area contributed by atoms with E-state index in [1.807, 2.05) is 30.9 Å². The lowest BCUT2D eigenvalue weighted by Gasteiger charge is -2.18. The molecule has 0 radical (unpaired) electrons. The highest BCUT2D eigenvalue weighted by atomic mass is 32.2. The van der Waals surface area contributed by atoms with E-state index in [0.717, 1.165) is 23.2 Å². The van der Waals surface area contributed by atoms with Crippen LogP contribution in [0.2, 0.25) is 0 Å². The van der Waals surface area contributed by atoms with E-state index in [1.165, 1.54) is 19.3 Å². The molecule has 1 aliphatic rings. The predicted octanol–water partition coefficient (Wildman–Crippen LogP) is 2.82. The fourth-order valence-corrected chi connectivity index (χ4v) is 3.54. The summed E-state index contributed by atoms with van der Waals surface area (Å²) >= 11 is 1.97. The number of hydrogen-bond donors (Lipinski definition) is 2. The minimum Gasteiger partial charge on any atom is -0.477 e. The number of rotatable bonds is 7. The quantitative estimate of drug-likeness (QED) is 0.592. The van der Waals surface area contributed by atoms with Crippen LogP contribution in [-0.2, 0) is 6.54 Å². The Morgan fingerprint density at radius 3 is 3.04 bits per heavy atom. The van der Waals surface area contributed by atoms with Gasteiger partial charge in [-0.3, -0.25) is 4.99 Å². The number of hydrogen-bond acceptors (Lipinski definition) is 4. The number of aromatic nitrogens is 1. The first kappa shape index (κ1) is 17.9.